The first-order valence-electron chi connectivity index (χ1n) is 4.52. The third-order valence-electron chi connectivity index (χ3n) is 1.49. The predicted octanol–water partition coefficient (Wildman–Crippen LogP) is 6.52. The van der Waals surface area contributed by atoms with Crippen molar-refractivity contribution >= 4 is 0 Å². The van der Waals surface area contributed by atoms with Crippen LogP contribution < -0.4 is 0 Å². The summed E-state index contributed by atoms with van der Waals surface area (Å²) in [5, 5.41) is 0. The van der Waals surface area contributed by atoms with E-state index in [1.165, 1.54) is 0 Å². The monoisotopic (exact) mass is 400 g/mol. The van der Waals surface area contributed by atoms with Crippen molar-refractivity contribution in [2.75, 3.05) is 0 Å². The number of hydrogen-bond acceptors (Lipinski definition) is 0. The second-order valence-corrected chi connectivity index (χ2v) is 3.27. The fourth-order valence-electron chi connectivity index (χ4n) is 0.492. The molecule has 0 heterocycles. The first-order valence-corrected chi connectivity index (χ1v) is 4.52. The molecule has 0 amide bonds. The zero-order valence-corrected chi connectivity index (χ0v) is 10.0. The molecule has 0 aromatic heterocycles. The highest BCUT2D eigenvalue weighted by molar-refractivity contribution is 5.10. The summed E-state index contributed by atoms with van der Waals surface area (Å²) in [5.41, 5.74) is 0. The fourth-order valence-corrected chi connectivity index (χ4v) is 0.492. The van der Waals surface area contributed by atoms with E-state index in [-0.39, 0.29) is 0 Å². The molecule has 0 spiro atoms. The second kappa shape index (κ2) is 7.50. The normalized spacial score (nSPS) is 14.5. The van der Waals surface area contributed by atoms with E-state index >= 15 is 0 Å². The molecule has 24 heavy (non-hydrogen) atoms. The number of halogens is 16. The van der Waals surface area contributed by atoms with Gasteiger partial charge in [-0.2, -0.15) is 70.2 Å². The highest BCUT2D eigenvalue weighted by Gasteiger charge is 2.62. The average Bonchev–Trinajstić information content (AvgIpc) is 2.32. The molecule has 0 rings (SSSR count). The van der Waals surface area contributed by atoms with Gasteiger partial charge in [0.05, 0.1) is 0 Å². The van der Waals surface area contributed by atoms with Gasteiger partial charge in [-0.1, -0.05) is 0 Å². The zero-order valence-electron chi connectivity index (χ0n) is 10.0. The molecule has 0 aliphatic heterocycles. The summed E-state index contributed by atoms with van der Waals surface area (Å²) >= 11 is 0. The van der Waals surface area contributed by atoms with Crippen LogP contribution in [0.5, 0.6) is 0 Å². The highest BCUT2D eigenvalue weighted by atomic mass is 19.4. The van der Waals surface area contributed by atoms with Crippen molar-refractivity contribution in [2.24, 2.45) is 0 Å². The van der Waals surface area contributed by atoms with Crippen LogP contribution in [0, 0.1) is 0 Å². The molecule has 0 saturated heterocycles. The Morgan fingerprint density at radius 2 is 0.667 bits per heavy atom. The molecule has 0 N–H and O–H groups in total. The Labute approximate surface area is 120 Å². The SMILES string of the molecule is F/C(=C(/F)C(F)(F)F)C(F)(F)F.FC(F)=C(F)C(F)(F)C(F)(F)F. The van der Waals surface area contributed by atoms with Crippen LogP contribution in [0.2, 0.25) is 0 Å². The fraction of sp³-hybridized carbons (Fsp3) is 0.500. The topological polar surface area (TPSA) is 0 Å². The summed E-state index contributed by atoms with van der Waals surface area (Å²) in [5.74, 6) is -17.4. The molecule has 0 aromatic carbocycles. The Kier molecular flexibility index (Phi) is 7.69. The molecular weight excluding hydrogens is 400 g/mol. The molecule has 0 fully saturated rings. The lowest BCUT2D eigenvalue weighted by Gasteiger charge is -2.16. The van der Waals surface area contributed by atoms with Crippen molar-refractivity contribution in [3.63, 3.8) is 0 Å². The van der Waals surface area contributed by atoms with Gasteiger partial charge in [0.25, 0.3) is 0 Å². The van der Waals surface area contributed by atoms with Gasteiger partial charge >= 0.3 is 30.5 Å². The van der Waals surface area contributed by atoms with E-state index in [1.807, 2.05) is 0 Å². The molecule has 0 aliphatic rings. The summed E-state index contributed by atoms with van der Waals surface area (Å²) in [6, 6.07) is 0. The molecule has 144 valence electrons. The Morgan fingerprint density at radius 1 is 0.417 bits per heavy atom. The zero-order chi connectivity index (χ0) is 20.3. The Balaban J connectivity index is 0. The summed E-state index contributed by atoms with van der Waals surface area (Å²) in [4.78, 5) is 0. The van der Waals surface area contributed by atoms with E-state index in [0.29, 0.717) is 0 Å². The van der Waals surface area contributed by atoms with Gasteiger partial charge in [0.15, 0.2) is 0 Å². The number of alkyl halides is 11. The van der Waals surface area contributed by atoms with Crippen LogP contribution in [0.15, 0.2) is 23.6 Å². The van der Waals surface area contributed by atoms with Gasteiger partial charge in [0, 0.05) is 0 Å². The Bertz CT molecular complexity index is 456. The van der Waals surface area contributed by atoms with E-state index in [0.717, 1.165) is 0 Å². The molecule has 0 aliphatic carbocycles. The maximum atomic E-state index is 11.5. The van der Waals surface area contributed by atoms with E-state index in [4.69, 9.17) is 0 Å². The molecule has 0 atom stereocenters. The number of allylic oxidation sites excluding steroid dienone is 3. The van der Waals surface area contributed by atoms with Gasteiger partial charge in [0.2, 0.25) is 17.5 Å². The third-order valence-corrected chi connectivity index (χ3v) is 1.49. The minimum absolute atomic E-state index is 3.68. The number of rotatable bonds is 1. The second-order valence-electron chi connectivity index (χ2n) is 3.27. The first-order chi connectivity index (χ1) is 10.2. The van der Waals surface area contributed by atoms with Crippen molar-refractivity contribution in [3.8, 4) is 0 Å². The smallest absolute Gasteiger partial charge is 0.199 e. The van der Waals surface area contributed by atoms with Crippen LogP contribution in [0.25, 0.3) is 0 Å². The standard InChI is InChI=1S/2C4F8/c5-1(2(6)7)3(8,9)4(10,11)12;5-1(3(7,8)9)2(6)4(10,11)12/b;2-1+. The molecule has 0 radical (unpaired) electrons. The quantitative estimate of drug-likeness (QED) is 0.440. The predicted molar refractivity (Wildman–Crippen MR) is 42.7 cm³/mol. The van der Waals surface area contributed by atoms with Crippen LogP contribution in [-0.2, 0) is 0 Å². The van der Waals surface area contributed by atoms with E-state index in [1.54, 1.807) is 0 Å². The van der Waals surface area contributed by atoms with Crippen LogP contribution in [-0.4, -0.2) is 24.5 Å². The lowest BCUT2D eigenvalue weighted by molar-refractivity contribution is -0.271. The molecular formula is C8F16. The average molecular weight is 400 g/mol. The van der Waals surface area contributed by atoms with Gasteiger partial charge in [0.1, 0.15) is 0 Å². The Morgan fingerprint density at radius 3 is 0.750 bits per heavy atom. The minimum Gasteiger partial charge on any atom is -0.199 e. The highest BCUT2D eigenvalue weighted by Crippen LogP contribution is 2.43. The van der Waals surface area contributed by atoms with Crippen LogP contribution in [0.3, 0.4) is 0 Å². The van der Waals surface area contributed by atoms with E-state index in [9.17, 15) is 70.2 Å². The van der Waals surface area contributed by atoms with Crippen molar-refractivity contribution in [3.05, 3.63) is 23.6 Å². The van der Waals surface area contributed by atoms with Gasteiger partial charge in [-0.05, 0) is 0 Å². The van der Waals surface area contributed by atoms with E-state index in [2.05, 4.69) is 0 Å². The third kappa shape index (κ3) is 6.86. The molecule has 0 unspecified atom stereocenters. The summed E-state index contributed by atoms with van der Waals surface area (Å²) in [6.45, 7) is 0. The minimum atomic E-state index is -6.35. The number of hydrogen-bond donors (Lipinski definition) is 0. The van der Waals surface area contributed by atoms with Crippen molar-refractivity contribution in [1.29, 1.82) is 0 Å². The van der Waals surface area contributed by atoms with Crippen molar-refractivity contribution < 1.29 is 70.2 Å². The molecule has 0 bridgehead atoms. The summed E-state index contributed by atoms with van der Waals surface area (Å²) < 4.78 is 179. The lowest BCUT2D eigenvalue weighted by Crippen LogP contribution is -2.37. The van der Waals surface area contributed by atoms with Crippen molar-refractivity contribution in [1.82, 2.24) is 0 Å². The summed E-state index contributed by atoms with van der Waals surface area (Å²) in [6.07, 6.45) is -21.9. The van der Waals surface area contributed by atoms with Crippen molar-refractivity contribution in [2.45, 2.75) is 24.5 Å². The van der Waals surface area contributed by atoms with Crippen LogP contribution in [0.1, 0.15) is 0 Å². The maximum absolute atomic E-state index is 11.5. The maximum Gasteiger partial charge on any atom is 0.460 e. The molecule has 16 heteroatoms. The van der Waals surface area contributed by atoms with Gasteiger partial charge in [-0.25, -0.2) is 0 Å². The largest absolute Gasteiger partial charge is 0.460 e. The van der Waals surface area contributed by atoms with Crippen LogP contribution in [0.4, 0.5) is 70.2 Å². The lowest BCUT2D eigenvalue weighted by atomic mass is 10.3. The molecule has 0 nitrogen and oxygen atoms in total. The summed E-state index contributed by atoms with van der Waals surface area (Å²) in [7, 11) is 0. The molecule has 0 aromatic rings. The van der Waals surface area contributed by atoms with Gasteiger partial charge in [-0.15, -0.1) is 0 Å². The van der Waals surface area contributed by atoms with E-state index < -0.39 is 48.0 Å². The Hall–Kier alpha value is -1.64. The van der Waals surface area contributed by atoms with Gasteiger partial charge in [-0.3, -0.25) is 0 Å². The van der Waals surface area contributed by atoms with Gasteiger partial charge < -0.3 is 0 Å². The first kappa shape index (κ1) is 24.6. The van der Waals surface area contributed by atoms with Crippen LogP contribution >= 0.6 is 0 Å². The molecule has 0 saturated carbocycles.